The summed E-state index contributed by atoms with van der Waals surface area (Å²) in [5, 5.41) is 3.31. The molecule has 1 N–H and O–H groups in total. The summed E-state index contributed by atoms with van der Waals surface area (Å²) in [6.45, 7) is 1.82. The highest BCUT2D eigenvalue weighted by Gasteiger charge is 2.21. The maximum Gasteiger partial charge on any atom is 0.132 e. The summed E-state index contributed by atoms with van der Waals surface area (Å²) in [5.74, 6) is 1.18. The first-order valence-electron chi connectivity index (χ1n) is 6.09. The minimum absolute atomic E-state index is 0.257. The van der Waals surface area contributed by atoms with Crippen LogP contribution < -0.4 is 5.32 Å². The van der Waals surface area contributed by atoms with Gasteiger partial charge in [0.05, 0.1) is 5.69 Å². The van der Waals surface area contributed by atoms with Gasteiger partial charge in [-0.25, -0.2) is 14.4 Å². The molecule has 2 aromatic rings. The van der Waals surface area contributed by atoms with Crippen LogP contribution in [0.15, 0.2) is 30.3 Å². The van der Waals surface area contributed by atoms with Crippen molar-refractivity contribution in [1.29, 1.82) is 0 Å². The number of hydrogen-bond acceptors (Lipinski definition) is 3. The van der Waals surface area contributed by atoms with Gasteiger partial charge in [-0.1, -0.05) is 12.1 Å². The third-order valence-electron chi connectivity index (χ3n) is 2.92. The molecule has 1 aromatic carbocycles. The Balaban J connectivity index is 2.00. The van der Waals surface area contributed by atoms with Crippen LogP contribution in [0.3, 0.4) is 0 Å². The van der Waals surface area contributed by atoms with Crippen LogP contribution in [0.25, 0.3) is 11.3 Å². The fourth-order valence-corrected chi connectivity index (χ4v) is 1.89. The van der Waals surface area contributed by atoms with E-state index >= 15 is 0 Å². The molecule has 0 aliphatic heterocycles. The SMILES string of the molecule is Cc1nc(NC2CC2)cc(-c2ccccc2F)n1. The topological polar surface area (TPSA) is 37.8 Å². The molecule has 1 aromatic heterocycles. The first-order chi connectivity index (χ1) is 8.72. The van der Waals surface area contributed by atoms with E-state index in [4.69, 9.17) is 0 Å². The number of benzene rings is 1. The van der Waals surface area contributed by atoms with Crippen molar-refractivity contribution < 1.29 is 4.39 Å². The summed E-state index contributed by atoms with van der Waals surface area (Å²) in [4.78, 5) is 8.63. The first kappa shape index (κ1) is 11.1. The Morgan fingerprint density at radius 1 is 1.22 bits per heavy atom. The van der Waals surface area contributed by atoms with Gasteiger partial charge in [0.25, 0.3) is 0 Å². The van der Waals surface area contributed by atoms with Gasteiger partial charge in [0.15, 0.2) is 0 Å². The third kappa shape index (κ3) is 2.32. The first-order valence-corrected chi connectivity index (χ1v) is 6.09. The number of hydrogen-bond donors (Lipinski definition) is 1. The lowest BCUT2D eigenvalue weighted by Gasteiger charge is -2.08. The molecule has 1 aliphatic rings. The number of nitrogens with one attached hydrogen (secondary N) is 1. The van der Waals surface area contributed by atoms with Crippen molar-refractivity contribution in [2.45, 2.75) is 25.8 Å². The summed E-state index contributed by atoms with van der Waals surface area (Å²) in [6.07, 6.45) is 2.36. The molecule has 4 heteroatoms. The van der Waals surface area contributed by atoms with E-state index in [0.29, 0.717) is 23.1 Å². The van der Waals surface area contributed by atoms with Gasteiger partial charge in [0.1, 0.15) is 17.5 Å². The summed E-state index contributed by atoms with van der Waals surface area (Å²) >= 11 is 0. The average Bonchev–Trinajstić information content (AvgIpc) is 3.12. The molecule has 0 saturated heterocycles. The lowest BCUT2D eigenvalue weighted by Crippen LogP contribution is -2.05. The zero-order valence-corrected chi connectivity index (χ0v) is 10.2. The minimum atomic E-state index is -0.257. The molecule has 92 valence electrons. The molecule has 3 nitrogen and oxygen atoms in total. The van der Waals surface area contributed by atoms with Crippen LogP contribution in [0.5, 0.6) is 0 Å². The number of nitrogens with zero attached hydrogens (tertiary/aromatic N) is 2. The predicted molar refractivity (Wildman–Crippen MR) is 68.8 cm³/mol. The van der Waals surface area contributed by atoms with E-state index in [1.54, 1.807) is 12.1 Å². The van der Waals surface area contributed by atoms with Crippen LogP contribution in [-0.2, 0) is 0 Å². The number of halogens is 1. The Bertz CT molecular complexity index is 579. The van der Waals surface area contributed by atoms with E-state index in [9.17, 15) is 4.39 Å². The molecule has 1 aliphatic carbocycles. The van der Waals surface area contributed by atoms with Gasteiger partial charge in [-0.05, 0) is 31.9 Å². The van der Waals surface area contributed by atoms with Gasteiger partial charge in [-0.15, -0.1) is 0 Å². The van der Waals surface area contributed by atoms with Crippen LogP contribution >= 0.6 is 0 Å². The summed E-state index contributed by atoms with van der Waals surface area (Å²) in [6, 6.07) is 9.00. The highest BCUT2D eigenvalue weighted by molar-refractivity contribution is 5.63. The maximum absolute atomic E-state index is 13.7. The van der Waals surface area contributed by atoms with E-state index in [2.05, 4.69) is 15.3 Å². The average molecular weight is 243 g/mol. The molecular weight excluding hydrogens is 229 g/mol. The summed E-state index contributed by atoms with van der Waals surface area (Å²) in [7, 11) is 0. The second kappa shape index (κ2) is 4.37. The molecule has 0 unspecified atom stereocenters. The van der Waals surface area contributed by atoms with Crippen molar-refractivity contribution in [1.82, 2.24) is 9.97 Å². The van der Waals surface area contributed by atoms with Crippen LogP contribution in [0.4, 0.5) is 10.2 Å². The Labute approximate surface area is 105 Å². The number of aromatic nitrogens is 2. The smallest absolute Gasteiger partial charge is 0.132 e. The van der Waals surface area contributed by atoms with E-state index in [1.165, 1.54) is 18.9 Å². The van der Waals surface area contributed by atoms with Crippen LogP contribution in [0, 0.1) is 12.7 Å². The van der Waals surface area contributed by atoms with Crippen LogP contribution in [0.1, 0.15) is 18.7 Å². The van der Waals surface area contributed by atoms with Crippen molar-refractivity contribution in [2.75, 3.05) is 5.32 Å². The van der Waals surface area contributed by atoms with Gasteiger partial charge in [0, 0.05) is 17.7 Å². The molecule has 0 atom stereocenters. The van der Waals surface area contributed by atoms with Gasteiger partial charge in [-0.3, -0.25) is 0 Å². The normalized spacial score (nSPS) is 14.6. The molecule has 3 rings (SSSR count). The molecule has 0 spiro atoms. The number of rotatable bonds is 3. The Hall–Kier alpha value is -1.97. The molecule has 1 saturated carbocycles. The summed E-state index contributed by atoms with van der Waals surface area (Å²) in [5.41, 5.74) is 1.14. The predicted octanol–water partition coefficient (Wildman–Crippen LogP) is 3.17. The number of anilines is 1. The number of aryl methyl sites for hydroxylation is 1. The molecular formula is C14H14FN3. The fourth-order valence-electron chi connectivity index (χ4n) is 1.89. The van der Waals surface area contributed by atoms with E-state index in [0.717, 1.165) is 5.82 Å². The largest absolute Gasteiger partial charge is 0.367 e. The zero-order valence-electron chi connectivity index (χ0n) is 10.2. The molecule has 18 heavy (non-hydrogen) atoms. The summed E-state index contributed by atoms with van der Waals surface area (Å²) < 4.78 is 13.7. The fraction of sp³-hybridized carbons (Fsp3) is 0.286. The van der Waals surface area contributed by atoms with E-state index in [-0.39, 0.29) is 5.82 Å². The maximum atomic E-state index is 13.7. The van der Waals surface area contributed by atoms with Crippen molar-refractivity contribution in [3.63, 3.8) is 0 Å². The molecule has 0 radical (unpaired) electrons. The van der Waals surface area contributed by atoms with E-state index in [1.807, 2.05) is 19.1 Å². The molecule has 1 heterocycles. The lowest BCUT2D eigenvalue weighted by molar-refractivity contribution is 0.630. The molecule has 0 amide bonds. The van der Waals surface area contributed by atoms with Crippen molar-refractivity contribution in [3.05, 3.63) is 42.0 Å². The van der Waals surface area contributed by atoms with Crippen molar-refractivity contribution in [2.24, 2.45) is 0 Å². The highest BCUT2D eigenvalue weighted by atomic mass is 19.1. The van der Waals surface area contributed by atoms with Gasteiger partial charge < -0.3 is 5.32 Å². The second-order valence-electron chi connectivity index (χ2n) is 4.58. The van der Waals surface area contributed by atoms with Gasteiger partial charge >= 0.3 is 0 Å². The molecule has 1 fully saturated rings. The van der Waals surface area contributed by atoms with Crippen LogP contribution in [-0.4, -0.2) is 16.0 Å². The van der Waals surface area contributed by atoms with E-state index < -0.39 is 0 Å². The standard InChI is InChI=1S/C14H14FN3/c1-9-16-13(11-4-2-3-5-12(11)15)8-14(17-9)18-10-6-7-10/h2-5,8,10H,6-7H2,1H3,(H,16,17,18). The third-order valence-corrected chi connectivity index (χ3v) is 2.92. The van der Waals surface area contributed by atoms with Crippen molar-refractivity contribution in [3.8, 4) is 11.3 Å². The van der Waals surface area contributed by atoms with Crippen LogP contribution in [0.2, 0.25) is 0 Å². The van der Waals surface area contributed by atoms with Gasteiger partial charge in [0.2, 0.25) is 0 Å². The Kier molecular flexibility index (Phi) is 2.70. The zero-order chi connectivity index (χ0) is 12.5. The van der Waals surface area contributed by atoms with Gasteiger partial charge in [-0.2, -0.15) is 0 Å². The molecule has 0 bridgehead atoms. The highest BCUT2D eigenvalue weighted by Crippen LogP contribution is 2.27. The van der Waals surface area contributed by atoms with Crippen molar-refractivity contribution >= 4 is 5.82 Å². The Morgan fingerprint density at radius 2 is 2.00 bits per heavy atom. The second-order valence-corrected chi connectivity index (χ2v) is 4.58. The lowest BCUT2D eigenvalue weighted by atomic mass is 10.1. The quantitative estimate of drug-likeness (QED) is 0.899. The minimum Gasteiger partial charge on any atom is -0.367 e. The Morgan fingerprint density at radius 3 is 2.72 bits per heavy atom. The monoisotopic (exact) mass is 243 g/mol.